The largest absolute Gasteiger partial charge is 0.496 e. The zero-order valence-corrected chi connectivity index (χ0v) is 13.5. The first kappa shape index (κ1) is 14.6. The van der Waals surface area contributed by atoms with Crippen molar-refractivity contribution in [1.82, 2.24) is 14.4 Å². The van der Waals surface area contributed by atoms with Crippen molar-refractivity contribution >= 4 is 10.0 Å². The van der Waals surface area contributed by atoms with Crippen molar-refractivity contribution in [2.45, 2.75) is 24.0 Å². The van der Waals surface area contributed by atoms with E-state index in [1.54, 1.807) is 7.11 Å². The second-order valence-corrected chi connectivity index (χ2v) is 8.13. The van der Waals surface area contributed by atoms with E-state index in [4.69, 9.17) is 9.26 Å². The van der Waals surface area contributed by atoms with Crippen LogP contribution in [0.5, 0.6) is 5.75 Å². The van der Waals surface area contributed by atoms with E-state index in [0.717, 1.165) is 18.4 Å². The van der Waals surface area contributed by atoms with Gasteiger partial charge in [0.05, 0.1) is 23.8 Å². The number of aromatic nitrogens is 2. The molecular weight excluding hydrogens is 318 g/mol. The van der Waals surface area contributed by atoms with E-state index in [2.05, 4.69) is 10.1 Å². The molecule has 0 spiro atoms. The van der Waals surface area contributed by atoms with Crippen LogP contribution in [0.4, 0.5) is 0 Å². The topological polar surface area (TPSA) is 85.5 Å². The molecule has 122 valence electrons. The fourth-order valence-electron chi connectivity index (χ4n) is 2.72. The van der Waals surface area contributed by atoms with Gasteiger partial charge in [0.2, 0.25) is 21.7 Å². The quantitative estimate of drug-likeness (QED) is 0.826. The van der Waals surface area contributed by atoms with Gasteiger partial charge >= 0.3 is 0 Å². The summed E-state index contributed by atoms with van der Waals surface area (Å²) in [6, 6.07) is 7.44. The van der Waals surface area contributed by atoms with Gasteiger partial charge in [-0.2, -0.15) is 9.29 Å². The summed E-state index contributed by atoms with van der Waals surface area (Å²) in [6.07, 6.45) is 1.56. The van der Waals surface area contributed by atoms with Crippen molar-refractivity contribution in [2.75, 3.05) is 20.2 Å². The summed E-state index contributed by atoms with van der Waals surface area (Å²) >= 11 is 0. The first-order valence-corrected chi connectivity index (χ1v) is 9.06. The Hall–Kier alpha value is -1.93. The zero-order valence-electron chi connectivity index (χ0n) is 12.7. The molecule has 2 aromatic rings. The number of ether oxygens (including phenoxy) is 1. The molecule has 1 aliphatic heterocycles. The molecule has 0 atom stereocenters. The van der Waals surface area contributed by atoms with Crippen molar-refractivity contribution in [1.29, 1.82) is 0 Å². The maximum Gasteiger partial charge on any atom is 0.232 e. The van der Waals surface area contributed by atoms with E-state index in [1.165, 1.54) is 4.31 Å². The Morgan fingerprint density at radius 1 is 1.26 bits per heavy atom. The highest BCUT2D eigenvalue weighted by Gasteiger charge is 2.46. The Kier molecular flexibility index (Phi) is 3.38. The average molecular weight is 335 g/mol. The van der Waals surface area contributed by atoms with Crippen LogP contribution < -0.4 is 4.74 Å². The standard InChI is InChI=1S/C15H17N3O4S/c1-21-13-5-3-2-4-12(13)14-16-15(22-17-14)10-8-18(9-10)23(19,20)11-6-7-11/h2-5,10-11H,6-9H2,1H3. The molecule has 8 heteroatoms. The average Bonchev–Trinajstić information content (AvgIpc) is 3.26. The zero-order chi connectivity index (χ0) is 16.0. The predicted molar refractivity (Wildman–Crippen MR) is 82.5 cm³/mol. The van der Waals surface area contributed by atoms with Gasteiger partial charge in [-0.3, -0.25) is 0 Å². The van der Waals surface area contributed by atoms with Crippen molar-refractivity contribution in [2.24, 2.45) is 0 Å². The molecule has 1 aromatic carbocycles. The molecule has 0 amide bonds. The molecule has 2 heterocycles. The van der Waals surface area contributed by atoms with Crippen LogP contribution >= 0.6 is 0 Å². The highest BCUT2D eigenvalue weighted by molar-refractivity contribution is 7.90. The van der Waals surface area contributed by atoms with E-state index in [-0.39, 0.29) is 11.2 Å². The van der Waals surface area contributed by atoms with Gasteiger partial charge < -0.3 is 9.26 Å². The molecule has 1 aromatic heterocycles. The minimum atomic E-state index is -3.10. The summed E-state index contributed by atoms with van der Waals surface area (Å²) in [6.45, 7) is 0.846. The second kappa shape index (κ2) is 5.31. The van der Waals surface area contributed by atoms with Crippen molar-refractivity contribution in [3.05, 3.63) is 30.2 Å². The van der Waals surface area contributed by atoms with Crippen LogP contribution in [-0.4, -0.2) is 48.3 Å². The molecule has 0 unspecified atom stereocenters. The molecule has 0 radical (unpaired) electrons. The fraction of sp³-hybridized carbons (Fsp3) is 0.467. The van der Waals surface area contributed by atoms with Gasteiger partial charge in [0.1, 0.15) is 5.75 Å². The summed E-state index contributed by atoms with van der Waals surface area (Å²) in [5.74, 6) is 1.58. The van der Waals surface area contributed by atoms with Crippen molar-refractivity contribution in [3.63, 3.8) is 0 Å². The predicted octanol–water partition coefficient (Wildman–Crippen LogP) is 1.64. The lowest BCUT2D eigenvalue weighted by molar-refractivity contribution is 0.216. The smallest absolute Gasteiger partial charge is 0.232 e. The lowest BCUT2D eigenvalue weighted by Gasteiger charge is -2.35. The molecule has 1 saturated carbocycles. The van der Waals surface area contributed by atoms with Gasteiger partial charge in [0, 0.05) is 13.1 Å². The first-order chi connectivity index (χ1) is 11.1. The summed E-state index contributed by atoms with van der Waals surface area (Å²) in [4.78, 5) is 4.41. The summed E-state index contributed by atoms with van der Waals surface area (Å²) in [5.41, 5.74) is 0.756. The lowest BCUT2D eigenvalue weighted by atomic mass is 10.0. The molecule has 7 nitrogen and oxygen atoms in total. The summed E-state index contributed by atoms with van der Waals surface area (Å²) in [7, 11) is -1.51. The van der Waals surface area contributed by atoms with Crippen LogP contribution in [0.1, 0.15) is 24.7 Å². The van der Waals surface area contributed by atoms with Crippen molar-refractivity contribution < 1.29 is 17.7 Å². The van der Waals surface area contributed by atoms with Crippen LogP contribution in [-0.2, 0) is 10.0 Å². The maximum atomic E-state index is 12.1. The number of hydrogen-bond acceptors (Lipinski definition) is 6. The second-order valence-electron chi connectivity index (χ2n) is 5.91. The minimum absolute atomic E-state index is 0.0283. The molecule has 0 bridgehead atoms. The highest BCUT2D eigenvalue weighted by atomic mass is 32.2. The highest BCUT2D eigenvalue weighted by Crippen LogP contribution is 2.37. The Balaban J connectivity index is 1.49. The van der Waals surface area contributed by atoms with Gasteiger partial charge in [-0.1, -0.05) is 17.3 Å². The van der Waals surface area contributed by atoms with E-state index in [1.807, 2.05) is 24.3 Å². The molecule has 1 saturated heterocycles. The Morgan fingerprint density at radius 2 is 2.00 bits per heavy atom. The lowest BCUT2D eigenvalue weighted by Crippen LogP contribution is -2.49. The van der Waals surface area contributed by atoms with Gasteiger partial charge in [-0.05, 0) is 25.0 Å². The summed E-state index contributed by atoms with van der Waals surface area (Å²) < 4.78 is 36.3. The molecule has 2 aliphatic rings. The SMILES string of the molecule is COc1ccccc1-c1noc(C2CN(S(=O)(=O)C3CC3)C2)n1. The van der Waals surface area contributed by atoms with Crippen LogP contribution in [0.3, 0.4) is 0 Å². The van der Waals surface area contributed by atoms with E-state index in [9.17, 15) is 8.42 Å². The number of para-hydroxylation sites is 1. The number of rotatable bonds is 5. The van der Waals surface area contributed by atoms with Crippen molar-refractivity contribution in [3.8, 4) is 17.1 Å². The van der Waals surface area contributed by atoms with Crippen LogP contribution in [0.25, 0.3) is 11.4 Å². The van der Waals surface area contributed by atoms with Crippen LogP contribution in [0.15, 0.2) is 28.8 Å². The minimum Gasteiger partial charge on any atom is -0.496 e. The first-order valence-electron chi connectivity index (χ1n) is 7.55. The molecule has 23 heavy (non-hydrogen) atoms. The molecule has 1 aliphatic carbocycles. The van der Waals surface area contributed by atoms with Gasteiger partial charge in [-0.25, -0.2) is 8.42 Å². The Labute approximate surface area is 134 Å². The maximum absolute atomic E-state index is 12.1. The third kappa shape index (κ3) is 2.51. The third-order valence-corrected chi connectivity index (χ3v) is 6.62. The van der Waals surface area contributed by atoms with E-state index < -0.39 is 10.0 Å². The van der Waals surface area contributed by atoms with Gasteiger partial charge in [0.25, 0.3) is 0 Å². The fourth-order valence-corrected chi connectivity index (χ4v) is 4.65. The van der Waals surface area contributed by atoms with Crippen LogP contribution in [0.2, 0.25) is 0 Å². The monoisotopic (exact) mass is 335 g/mol. The molecule has 2 fully saturated rings. The third-order valence-electron chi connectivity index (χ3n) is 4.29. The Bertz CT molecular complexity index is 823. The van der Waals surface area contributed by atoms with Crippen LogP contribution in [0, 0.1) is 0 Å². The van der Waals surface area contributed by atoms with Gasteiger partial charge in [0.15, 0.2) is 0 Å². The summed E-state index contributed by atoms with van der Waals surface area (Å²) in [5, 5.41) is 3.83. The molecular formula is C15H17N3O4S. The normalized spacial score (nSPS) is 19.5. The Morgan fingerprint density at radius 3 is 2.70 bits per heavy atom. The number of sulfonamides is 1. The van der Waals surface area contributed by atoms with Gasteiger partial charge in [-0.15, -0.1) is 0 Å². The molecule has 4 rings (SSSR count). The number of nitrogens with zero attached hydrogens (tertiary/aromatic N) is 3. The molecule has 0 N–H and O–H groups in total. The number of hydrogen-bond donors (Lipinski definition) is 0. The number of methoxy groups -OCH3 is 1. The number of benzene rings is 1. The van der Waals surface area contributed by atoms with E-state index in [0.29, 0.717) is 30.6 Å². The van der Waals surface area contributed by atoms with E-state index >= 15 is 0 Å².